The SMILES string of the molecule is COc1ncc(-c2ccc3ncc(Cl)c(=O)n3c2)cc1NS(=O)(=O)c1ccc(F)cc1C. The van der Waals surface area contributed by atoms with Crippen LogP contribution in [0.2, 0.25) is 5.02 Å². The van der Waals surface area contributed by atoms with Crippen molar-refractivity contribution >= 4 is 33.0 Å². The van der Waals surface area contributed by atoms with Crippen LogP contribution in [0.3, 0.4) is 0 Å². The van der Waals surface area contributed by atoms with Gasteiger partial charge in [-0.2, -0.15) is 0 Å². The van der Waals surface area contributed by atoms with Crippen molar-refractivity contribution in [2.45, 2.75) is 11.8 Å². The van der Waals surface area contributed by atoms with Crippen molar-refractivity contribution in [3.05, 3.63) is 81.7 Å². The molecule has 0 unspecified atom stereocenters. The van der Waals surface area contributed by atoms with E-state index in [1.807, 2.05) is 0 Å². The zero-order valence-corrected chi connectivity index (χ0v) is 18.4. The lowest BCUT2D eigenvalue weighted by Crippen LogP contribution is -2.16. The first kappa shape index (κ1) is 21.7. The molecule has 4 aromatic rings. The topological polar surface area (TPSA) is 103 Å². The second-order valence-corrected chi connectivity index (χ2v) is 8.91. The Morgan fingerprint density at radius 3 is 2.59 bits per heavy atom. The molecule has 1 N–H and O–H groups in total. The summed E-state index contributed by atoms with van der Waals surface area (Å²) in [5.74, 6) is -0.497. The molecule has 1 aromatic carbocycles. The highest BCUT2D eigenvalue weighted by Crippen LogP contribution is 2.30. The van der Waals surface area contributed by atoms with Gasteiger partial charge >= 0.3 is 0 Å². The number of methoxy groups -OCH3 is 1. The van der Waals surface area contributed by atoms with Crippen LogP contribution in [0.1, 0.15) is 5.56 Å². The number of anilines is 1. The largest absolute Gasteiger partial charge is 0.480 e. The van der Waals surface area contributed by atoms with Crippen LogP contribution in [0.15, 0.2) is 64.7 Å². The van der Waals surface area contributed by atoms with Gasteiger partial charge in [0.05, 0.1) is 18.2 Å². The van der Waals surface area contributed by atoms with Crippen molar-refractivity contribution in [3.8, 4) is 17.0 Å². The van der Waals surface area contributed by atoms with Gasteiger partial charge in [-0.1, -0.05) is 11.6 Å². The van der Waals surface area contributed by atoms with Gasteiger partial charge in [-0.05, 0) is 48.9 Å². The van der Waals surface area contributed by atoms with Crippen LogP contribution >= 0.6 is 11.6 Å². The predicted molar refractivity (Wildman–Crippen MR) is 118 cm³/mol. The molecule has 0 bridgehead atoms. The van der Waals surface area contributed by atoms with Crippen LogP contribution in [0.25, 0.3) is 16.8 Å². The van der Waals surface area contributed by atoms with Gasteiger partial charge in [0.15, 0.2) is 0 Å². The zero-order chi connectivity index (χ0) is 23.0. The third kappa shape index (κ3) is 4.02. The molecular formula is C21H16ClFN4O4S. The third-order valence-corrected chi connectivity index (χ3v) is 6.49. The van der Waals surface area contributed by atoms with Crippen molar-refractivity contribution < 1.29 is 17.5 Å². The lowest BCUT2D eigenvalue weighted by molar-refractivity contribution is 0.400. The number of fused-ring (bicyclic) bond motifs is 1. The number of ether oxygens (including phenoxy) is 1. The number of aromatic nitrogens is 3. The van der Waals surface area contributed by atoms with E-state index in [9.17, 15) is 17.6 Å². The summed E-state index contributed by atoms with van der Waals surface area (Å²) in [5, 5.41) is -0.0318. The van der Waals surface area contributed by atoms with Crippen molar-refractivity contribution in [2.75, 3.05) is 11.8 Å². The van der Waals surface area contributed by atoms with Gasteiger partial charge in [0.25, 0.3) is 15.6 Å². The van der Waals surface area contributed by atoms with Crippen LogP contribution in [0.5, 0.6) is 5.88 Å². The van der Waals surface area contributed by atoms with Crippen molar-refractivity contribution in [1.82, 2.24) is 14.4 Å². The minimum Gasteiger partial charge on any atom is -0.480 e. The van der Waals surface area contributed by atoms with E-state index in [4.69, 9.17) is 16.3 Å². The van der Waals surface area contributed by atoms with E-state index in [0.29, 0.717) is 16.8 Å². The quantitative estimate of drug-likeness (QED) is 0.473. The second kappa shape index (κ2) is 8.21. The van der Waals surface area contributed by atoms with Gasteiger partial charge in [0.1, 0.15) is 22.2 Å². The van der Waals surface area contributed by atoms with Crippen molar-refractivity contribution in [3.63, 3.8) is 0 Å². The summed E-state index contributed by atoms with van der Waals surface area (Å²) in [6.07, 6.45) is 4.28. The average molecular weight is 475 g/mol. The molecule has 0 aliphatic rings. The van der Waals surface area contributed by atoms with E-state index in [-0.39, 0.29) is 27.0 Å². The molecule has 0 aliphatic carbocycles. The molecule has 0 atom stereocenters. The molecule has 0 radical (unpaired) electrons. The Morgan fingerprint density at radius 2 is 1.88 bits per heavy atom. The summed E-state index contributed by atoms with van der Waals surface area (Å²) in [7, 11) is -2.71. The monoisotopic (exact) mass is 474 g/mol. The molecule has 4 rings (SSSR count). The fraction of sp³-hybridized carbons (Fsp3) is 0.0952. The van der Waals surface area contributed by atoms with E-state index in [1.165, 1.54) is 49.2 Å². The van der Waals surface area contributed by atoms with Gasteiger partial charge in [-0.15, -0.1) is 0 Å². The fourth-order valence-corrected chi connectivity index (χ4v) is 4.60. The predicted octanol–water partition coefficient (Wildman–Crippen LogP) is 3.67. The molecule has 0 spiro atoms. The van der Waals surface area contributed by atoms with E-state index in [1.54, 1.807) is 12.1 Å². The van der Waals surface area contributed by atoms with E-state index < -0.39 is 21.4 Å². The molecule has 0 fully saturated rings. The highest BCUT2D eigenvalue weighted by molar-refractivity contribution is 7.92. The molecule has 8 nitrogen and oxygen atoms in total. The standard InChI is InChI=1S/C21H16ClFN4O4S/c1-12-7-15(23)4-5-18(12)32(29,30)26-17-8-14(9-25-20(17)31-2)13-3-6-19-24-10-16(22)21(28)27(19)11-13/h3-11,26H,1-2H3. The number of halogens is 2. The fourth-order valence-electron chi connectivity index (χ4n) is 3.18. The maximum atomic E-state index is 13.4. The number of aryl methyl sites for hydroxylation is 1. The minimum atomic E-state index is -4.06. The Balaban J connectivity index is 1.79. The molecule has 164 valence electrons. The smallest absolute Gasteiger partial charge is 0.276 e. The summed E-state index contributed by atoms with van der Waals surface area (Å²) in [6, 6.07) is 8.24. The van der Waals surface area contributed by atoms with Gasteiger partial charge < -0.3 is 4.74 Å². The second-order valence-electron chi connectivity index (χ2n) is 6.85. The summed E-state index contributed by atoms with van der Waals surface area (Å²) in [6.45, 7) is 1.50. The van der Waals surface area contributed by atoms with Gasteiger partial charge in [0, 0.05) is 23.5 Å². The van der Waals surface area contributed by atoms with Crippen LogP contribution in [-0.4, -0.2) is 29.9 Å². The molecule has 3 aromatic heterocycles. The van der Waals surface area contributed by atoms with E-state index in [0.717, 1.165) is 12.1 Å². The van der Waals surface area contributed by atoms with Crippen LogP contribution < -0.4 is 15.0 Å². The van der Waals surface area contributed by atoms with Crippen molar-refractivity contribution in [1.29, 1.82) is 0 Å². The number of nitrogens with zero attached hydrogens (tertiary/aromatic N) is 3. The van der Waals surface area contributed by atoms with Gasteiger partial charge in [0.2, 0.25) is 5.88 Å². The minimum absolute atomic E-state index is 0.0318. The number of pyridine rings is 2. The van der Waals surface area contributed by atoms with Crippen LogP contribution in [-0.2, 0) is 10.0 Å². The Hall–Kier alpha value is -3.50. The molecule has 0 saturated heterocycles. The first-order valence-electron chi connectivity index (χ1n) is 9.20. The number of nitrogens with one attached hydrogen (secondary N) is 1. The summed E-state index contributed by atoms with van der Waals surface area (Å²) in [4.78, 5) is 20.5. The number of hydrogen-bond acceptors (Lipinski definition) is 6. The molecule has 0 aliphatic heterocycles. The maximum Gasteiger partial charge on any atom is 0.276 e. The molecule has 0 amide bonds. The Labute approximate surface area is 187 Å². The summed E-state index contributed by atoms with van der Waals surface area (Å²) < 4.78 is 48.2. The van der Waals surface area contributed by atoms with E-state index in [2.05, 4.69) is 14.7 Å². The van der Waals surface area contributed by atoms with Crippen LogP contribution in [0, 0.1) is 12.7 Å². The lowest BCUT2D eigenvalue weighted by Gasteiger charge is -2.14. The third-order valence-electron chi connectivity index (χ3n) is 4.71. The summed E-state index contributed by atoms with van der Waals surface area (Å²) >= 11 is 5.88. The van der Waals surface area contributed by atoms with Crippen molar-refractivity contribution in [2.24, 2.45) is 0 Å². The number of benzene rings is 1. The Morgan fingerprint density at radius 1 is 1.09 bits per heavy atom. The molecule has 11 heteroatoms. The lowest BCUT2D eigenvalue weighted by atomic mass is 10.1. The molecule has 32 heavy (non-hydrogen) atoms. The first-order chi connectivity index (χ1) is 15.2. The zero-order valence-electron chi connectivity index (χ0n) is 16.8. The van der Waals surface area contributed by atoms with E-state index >= 15 is 0 Å². The highest BCUT2D eigenvalue weighted by Gasteiger charge is 2.20. The van der Waals surface area contributed by atoms with Gasteiger partial charge in [-0.3, -0.25) is 13.9 Å². The Kier molecular flexibility index (Phi) is 5.57. The van der Waals surface area contributed by atoms with Crippen LogP contribution in [0.4, 0.5) is 10.1 Å². The Bertz CT molecular complexity index is 1520. The normalized spacial score (nSPS) is 11.5. The maximum absolute atomic E-state index is 13.4. The first-order valence-corrected chi connectivity index (χ1v) is 11.1. The highest BCUT2D eigenvalue weighted by atomic mass is 35.5. The number of hydrogen-bond donors (Lipinski definition) is 1. The number of sulfonamides is 1. The van der Waals surface area contributed by atoms with Gasteiger partial charge in [-0.25, -0.2) is 22.8 Å². The molecule has 0 saturated carbocycles. The summed E-state index contributed by atoms with van der Waals surface area (Å²) in [5.41, 5.74) is 1.36. The number of rotatable bonds is 5. The average Bonchev–Trinajstić information content (AvgIpc) is 2.75. The molecular weight excluding hydrogens is 459 g/mol. The molecule has 3 heterocycles.